The molecule has 10 N–H and O–H groups in total. The summed E-state index contributed by atoms with van der Waals surface area (Å²) in [5, 5.41) is 66.8. The van der Waals surface area contributed by atoms with Gasteiger partial charge in [0.25, 0.3) is 0 Å². The van der Waals surface area contributed by atoms with Crippen molar-refractivity contribution in [3.8, 4) is 0 Å². The summed E-state index contributed by atoms with van der Waals surface area (Å²) < 4.78 is 0. The van der Waals surface area contributed by atoms with E-state index in [1.54, 1.807) is 16.8 Å². The maximum atomic E-state index is 12.3. The van der Waals surface area contributed by atoms with Gasteiger partial charge in [-0.05, 0) is 69.7 Å². The van der Waals surface area contributed by atoms with Gasteiger partial charge in [0, 0.05) is 148 Å². The number of carbonyl (C=O) groups is 8. The summed E-state index contributed by atoms with van der Waals surface area (Å²) in [6, 6.07) is 4.14. The summed E-state index contributed by atoms with van der Waals surface area (Å²) >= 11 is 0. The molecule has 3 heterocycles. The van der Waals surface area contributed by atoms with Crippen LogP contribution in [0.3, 0.4) is 0 Å². The minimum absolute atomic E-state index is 0. The van der Waals surface area contributed by atoms with E-state index in [1.807, 2.05) is 36.2 Å². The van der Waals surface area contributed by atoms with Crippen LogP contribution in [0, 0.1) is 36.9 Å². The molecule has 2 fully saturated rings. The van der Waals surface area contributed by atoms with Crippen molar-refractivity contribution < 1.29 is 115 Å². The molecular weight excluding hydrogens is 1270 g/mol. The molecule has 1 aromatic heterocycles. The number of carbonyl (C=O) groups excluding carboxylic acids is 4. The number of piperazine rings is 1. The molecule has 29 nitrogen and oxygen atoms in total. The third-order valence-corrected chi connectivity index (χ3v) is 14.5. The number of aromatic nitrogens is 3. The Hall–Kier alpha value is -6.20. The molecule has 2 saturated heterocycles. The van der Waals surface area contributed by atoms with Gasteiger partial charge in [0.1, 0.15) is 17.9 Å². The predicted molar refractivity (Wildman–Crippen MR) is 304 cm³/mol. The van der Waals surface area contributed by atoms with Crippen LogP contribution in [-0.2, 0) is 56.0 Å². The quantitative estimate of drug-likeness (QED) is 0.0429. The molecule has 2 aliphatic rings. The molecule has 4 rings (SSSR count). The molecule has 3 amide bonds. The van der Waals surface area contributed by atoms with Crippen molar-refractivity contribution in [3.63, 3.8) is 0 Å². The second kappa shape index (κ2) is 42.6. The third-order valence-electron chi connectivity index (χ3n) is 14.5. The van der Waals surface area contributed by atoms with Crippen molar-refractivity contribution in [2.24, 2.45) is 0 Å². The average molecular weight is 1360 g/mol. The third kappa shape index (κ3) is 32.8. The van der Waals surface area contributed by atoms with E-state index in [-0.39, 0.29) is 87.5 Å². The van der Waals surface area contributed by atoms with Gasteiger partial charge in [-0.1, -0.05) is 62.8 Å². The average Bonchev–Trinajstić information content (AvgIpc) is 3.60. The van der Waals surface area contributed by atoms with Crippen molar-refractivity contribution in [1.29, 1.82) is 0 Å². The monoisotopic (exact) mass is 1360 g/mol. The number of benzene rings is 1. The number of carboxylic acids is 6. The first kappa shape index (κ1) is 74.9. The van der Waals surface area contributed by atoms with Gasteiger partial charge in [-0.15, -0.1) is 0 Å². The van der Waals surface area contributed by atoms with E-state index in [4.69, 9.17) is 24.7 Å². The number of aliphatic carboxylic acids is 6. The summed E-state index contributed by atoms with van der Waals surface area (Å²) in [5.41, 5.74) is 2.01. The van der Waals surface area contributed by atoms with Gasteiger partial charge >= 0.3 is 48.0 Å². The number of likely N-dealkylation sites (N-methyl/N-ethyl adjacent to an activating group) is 1. The number of unbranched alkanes of at least 4 members (excludes halogenated alkanes) is 8. The number of urea groups is 1. The molecule has 2 aromatic rings. The van der Waals surface area contributed by atoms with Gasteiger partial charge in [0.15, 0.2) is 0 Å². The van der Waals surface area contributed by atoms with Crippen LogP contribution in [0.5, 0.6) is 0 Å². The van der Waals surface area contributed by atoms with E-state index in [2.05, 4.69) is 41.0 Å². The molecule has 0 aliphatic carbocycles. The first-order valence-corrected chi connectivity index (χ1v) is 28.7. The molecule has 1 radical (unpaired) electrons. The fraction of sp³-hybridized carbons (Fsp3) is 0.673. The molecule has 1 unspecified atom stereocenters. The summed E-state index contributed by atoms with van der Waals surface area (Å²) in [6.45, 7) is 7.04. The number of anilines is 2. The normalized spacial score (nSPS) is 16.5. The first-order valence-electron chi connectivity index (χ1n) is 28.7. The van der Waals surface area contributed by atoms with Crippen molar-refractivity contribution in [1.82, 2.24) is 55.4 Å². The van der Waals surface area contributed by atoms with Crippen LogP contribution in [-0.4, -0.2) is 261 Å². The van der Waals surface area contributed by atoms with Crippen LogP contribution in [0.25, 0.3) is 0 Å². The van der Waals surface area contributed by atoms with Gasteiger partial charge in [-0.3, -0.25) is 43.6 Å². The fourth-order valence-corrected chi connectivity index (χ4v) is 9.88. The summed E-state index contributed by atoms with van der Waals surface area (Å²) in [4.78, 5) is 136. The minimum atomic E-state index is -1.48. The molecule has 483 valence electrons. The van der Waals surface area contributed by atoms with E-state index in [0.29, 0.717) is 102 Å². The Morgan fingerprint density at radius 2 is 1.11 bits per heavy atom. The maximum absolute atomic E-state index is 12.3. The van der Waals surface area contributed by atoms with Crippen LogP contribution in [0.2, 0.25) is 0 Å². The number of nitrogens with zero attached hydrogens (tertiary/aromatic N) is 9. The molecule has 0 saturated carbocycles. The van der Waals surface area contributed by atoms with Crippen LogP contribution < -0.4 is 26.2 Å². The Morgan fingerprint density at radius 3 is 1.66 bits per heavy atom. The first-order chi connectivity index (χ1) is 40.2. The Kier molecular flexibility index (Phi) is 37.5. The second-order valence-corrected chi connectivity index (χ2v) is 21.1. The van der Waals surface area contributed by atoms with Crippen molar-refractivity contribution in [2.75, 3.05) is 129 Å². The fourth-order valence-electron chi connectivity index (χ4n) is 9.88. The molecule has 30 heteroatoms. The van der Waals surface area contributed by atoms with E-state index in [1.165, 1.54) is 0 Å². The zero-order valence-corrected chi connectivity index (χ0v) is 50.4. The van der Waals surface area contributed by atoms with Gasteiger partial charge in [-0.25, -0.2) is 14.4 Å². The Balaban J connectivity index is 0.00000603. The van der Waals surface area contributed by atoms with E-state index >= 15 is 0 Å². The number of amides is 3. The van der Waals surface area contributed by atoms with Crippen LogP contribution in [0.15, 0.2) is 24.3 Å². The molecule has 2 aliphatic heterocycles. The van der Waals surface area contributed by atoms with Crippen LogP contribution >= 0.6 is 0 Å². The second-order valence-electron chi connectivity index (χ2n) is 21.1. The number of hydrogen-bond acceptors (Lipinski definition) is 20. The van der Waals surface area contributed by atoms with Crippen molar-refractivity contribution in [3.05, 3.63) is 41.2 Å². The zero-order chi connectivity index (χ0) is 61.8. The van der Waals surface area contributed by atoms with Gasteiger partial charge in [-0.2, -0.15) is 24.5 Å². The van der Waals surface area contributed by atoms with Crippen LogP contribution in [0.1, 0.15) is 107 Å². The number of carboxylic acid groups (broad SMARTS) is 6. The maximum Gasteiger partial charge on any atom is 0.373 e. The van der Waals surface area contributed by atoms with Crippen molar-refractivity contribution in [2.45, 2.75) is 121 Å². The summed E-state index contributed by atoms with van der Waals surface area (Å²) in [7, 11) is 3.73. The zero-order valence-electron chi connectivity index (χ0n) is 48.7. The van der Waals surface area contributed by atoms with Crippen LogP contribution in [0.4, 0.5) is 16.7 Å². The number of nitrogens with one attached hydrogen (secondary N) is 4. The SMILES string of the molecule is CNc1nc(Cc2ccc(CC3CN(C)CCN(CC(=O)O)CCN(CC(=O)O)CCN3CC(=O)O)cc2)nc(N2CCN(CCCCCCCCCCC(=O)NCCCC[C@H](NC(=O)N[C@@H](CCC(=O)O)C(=O)O)C(=O)O)CC2)n1.O=C=O.[Lu]. The molecule has 1 aromatic carbocycles. The molecule has 0 spiro atoms. The van der Waals surface area contributed by atoms with Crippen molar-refractivity contribution >= 4 is 65.8 Å². The van der Waals surface area contributed by atoms with E-state index in [9.17, 15) is 63.9 Å². The Labute approximate surface area is 524 Å². The predicted octanol–water partition coefficient (Wildman–Crippen LogP) is 0.927. The summed E-state index contributed by atoms with van der Waals surface area (Å²) in [6.07, 6.45) is 10.2. The van der Waals surface area contributed by atoms with E-state index in [0.717, 1.165) is 95.2 Å². The summed E-state index contributed by atoms with van der Waals surface area (Å²) in [5.74, 6) is -5.21. The smallest absolute Gasteiger partial charge is 0.373 e. The van der Waals surface area contributed by atoms with E-state index < -0.39 is 60.4 Å². The molecule has 85 heavy (non-hydrogen) atoms. The van der Waals surface area contributed by atoms with Gasteiger partial charge in [0.2, 0.25) is 17.8 Å². The molecule has 0 bridgehead atoms. The molecule has 3 atom stereocenters. The largest absolute Gasteiger partial charge is 0.481 e. The standard InChI is InChI=1S/C54H87N13O14.CO2.Lu/c1-55-52-59-44(34-40-17-15-39(16-18-40)33-41-35-62(2)23-24-64(36-47(71)72)25-26-65(37-48(73)74)29-32-67(41)38-49(75)76)60-53(61-52)66-30-27-63(28-31-66)22-12-8-6-4-3-5-7-9-14-45(68)56-21-11-10-13-42(50(77)78)57-54(81)58-43(51(79)80)19-20-46(69)70;2-1-3;/h15-18,41-43H,3-14,19-38H2,1-2H3,(H,56,68)(H,69,70)(H,71,72)(H,73,74)(H,75,76)(H,77,78)(H,79,80)(H2,57,58,81)(H,55,59,60,61);;/t41?,42-,43-;;/m0../s1. The molecular formula is C55H87LuN13O16. The topological polar surface area (TPSA) is 398 Å². The van der Waals surface area contributed by atoms with Gasteiger partial charge in [0.05, 0.1) is 19.6 Å². The Morgan fingerprint density at radius 1 is 0.588 bits per heavy atom. The Bertz CT molecular complexity index is 2420. The minimum Gasteiger partial charge on any atom is -0.481 e. The number of hydrogen-bond donors (Lipinski definition) is 10. The van der Waals surface area contributed by atoms with Gasteiger partial charge < -0.3 is 61.7 Å². The number of rotatable bonds is 35.